The zero-order valence-corrected chi connectivity index (χ0v) is 11.6. The first-order valence-electron chi connectivity index (χ1n) is 6.02. The van der Waals surface area contributed by atoms with E-state index in [2.05, 4.69) is 14.8 Å². The highest BCUT2D eigenvalue weighted by atomic mass is 16.6. The third-order valence-corrected chi connectivity index (χ3v) is 2.67. The normalized spacial score (nSPS) is 11.8. The zero-order chi connectivity index (χ0) is 14.4. The molecule has 1 aromatic carbocycles. The maximum atomic E-state index is 11.7. The maximum absolute atomic E-state index is 11.7. The monoisotopic (exact) mass is 265 g/mol. The van der Waals surface area contributed by atoms with E-state index in [1.54, 1.807) is 6.92 Å². The van der Waals surface area contributed by atoms with Gasteiger partial charge in [0.05, 0.1) is 0 Å². The summed E-state index contributed by atoms with van der Waals surface area (Å²) in [5.41, 5.74) is 2.94. The molecule has 0 bridgehead atoms. The van der Waals surface area contributed by atoms with Crippen molar-refractivity contribution in [3.8, 4) is 0 Å². The summed E-state index contributed by atoms with van der Waals surface area (Å²) in [6, 6.07) is 5.23. The fraction of sp³-hybridized carbons (Fsp3) is 0.429. The van der Waals surface area contributed by atoms with Crippen molar-refractivity contribution in [3.05, 3.63) is 29.3 Å². The molecule has 0 saturated heterocycles. The van der Waals surface area contributed by atoms with E-state index in [-0.39, 0.29) is 6.61 Å². The van der Waals surface area contributed by atoms with Crippen molar-refractivity contribution in [2.45, 2.75) is 26.8 Å². The van der Waals surface area contributed by atoms with E-state index in [0.717, 1.165) is 16.8 Å². The number of rotatable bonds is 5. The van der Waals surface area contributed by atoms with E-state index < -0.39 is 18.0 Å². The summed E-state index contributed by atoms with van der Waals surface area (Å²) in [5.74, 6) is -1.31. The van der Waals surface area contributed by atoms with Crippen LogP contribution in [0.3, 0.4) is 0 Å². The van der Waals surface area contributed by atoms with Crippen LogP contribution in [-0.4, -0.2) is 31.7 Å². The second kappa shape index (κ2) is 6.89. The lowest BCUT2D eigenvalue weighted by molar-refractivity contribution is -0.162. The van der Waals surface area contributed by atoms with Gasteiger partial charge in [-0.3, -0.25) is 0 Å². The minimum Gasteiger partial charge on any atom is -0.390 e. The summed E-state index contributed by atoms with van der Waals surface area (Å²) >= 11 is 0. The topological polar surface area (TPSA) is 64.6 Å². The number of para-hydroxylation sites is 1. The summed E-state index contributed by atoms with van der Waals surface area (Å²) in [6.45, 7) is 5.31. The fourth-order valence-corrected chi connectivity index (χ4v) is 1.67. The van der Waals surface area contributed by atoms with Gasteiger partial charge in [-0.25, -0.2) is 9.59 Å². The van der Waals surface area contributed by atoms with Gasteiger partial charge in [-0.05, 0) is 31.9 Å². The number of anilines is 1. The van der Waals surface area contributed by atoms with Crippen LogP contribution in [0, 0.1) is 13.8 Å². The van der Waals surface area contributed by atoms with Crippen LogP contribution in [0.4, 0.5) is 5.69 Å². The van der Waals surface area contributed by atoms with Crippen molar-refractivity contribution in [1.29, 1.82) is 0 Å². The third-order valence-electron chi connectivity index (χ3n) is 2.67. The Morgan fingerprint density at radius 3 is 2.37 bits per heavy atom. The number of nitrogens with one attached hydrogen (secondary N) is 1. The van der Waals surface area contributed by atoms with Crippen LogP contribution in [0.2, 0.25) is 0 Å². The van der Waals surface area contributed by atoms with Crippen LogP contribution in [0.15, 0.2) is 18.2 Å². The summed E-state index contributed by atoms with van der Waals surface area (Å²) < 4.78 is 9.23. The van der Waals surface area contributed by atoms with Crippen LogP contribution in [0.25, 0.3) is 0 Å². The molecule has 1 aromatic rings. The van der Waals surface area contributed by atoms with Crippen molar-refractivity contribution in [1.82, 2.24) is 0 Å². The molecule has 0 aliphatic rings. The summed E-state index contributed by atoms with van der Waals surface area (Å²) in [6.07, 6.45) is 0. The van der Waals surface area contributed by atoms with Crippen molar-refractivity contribution in [2.24, 2.45) is 0 Å². The lowest BCUT2D eigenvalue weighted by atomic mass is 10.1. The molecule has 0 saturated carbocycles. The van der Waals surface area contributed by atoms with Gasteiger partial charge in [0, 0.05) is 12.8 Å². The van der Waals surface area contributed by atoms with Gasteiger partial charge >= 0.3 is 11.9 Å². The molecule has 1 rings (SSSR count). The van der Waals surface area contributed by atoms with Gasteiger partial charge < -0.3 is 14.8 Å². The molecule has 0 aromatic heterocycles. The highest BCUT2D eigenvalue weighted by Gasteiger charge is 2.19. The largest absolute Gasteiger partial charge is 0.390 e. The van der Waals surface area contributed by atoms with Crippen LogP contribution >= 0.6 is 0 Å². The highest BCUT2D eigenvalue weighted by Crippen LogP contribution is 2.20. The van der Waals surface area contributed by atoms with E-state index in [0.29, 0.717) is 0 Å². The number of aryl methyl sites for hydroxylation is 2. The number of hydrogen-bond donors (Lipinski definition) is 1. The van der Waals surface area contributed by atoms with E-state index in [1.165, 1.54) is 7.11 Å². The number of benzene rings is 1. The van der Waals surface area contributed by atoms with Gasteiger partial charge in [-0.2, -0.15) is 0 Å². The Morgan fingerprint density at radius 2 is 1.84 bits per heavy atom. The van der Waals surface area contributed by atoms with Gasteiger partial charge in [0.1, 0.15) is 12.6 Å². The number of carbonyl (C=O) groups is 2. The first kappa shape index (κ1) is 15.2. The smallest absolute Gasteiger partial charge is 0.339 e. The molecule has 5 nitrogen and oxygen atoms in total. The van der Waals surface area contributed by atoms with E-state index in [4.69, 9.17) is 0 Å². The summed E-state index contributed by atoms with van der Waals surface area (Å²) in [4.78, 5) is 22.8. The molecule has 1 N–H and O–H groups in total. The van der Waals surface area contributed by atoms with Gasteiger partial charge in [0.15, 0.2) is 0 Å². The SMILES string of the molecule is COCC(=O)OC(=O)[C@H](C)Nc1c(C)cccc1C. The predicted molar refractivity (Wildman–Crippen MR) is 72.0 cm³/mol. The summed E-state index contributed by atoms with van der Waals surface area (Å²) in [5, 5.41) is 3.06. The molecule has 0 unspecified atom stereocenters. The van der Waals surface area contributed by atoms with Crippen molar-refractivity contribution < 1.29 is 19.1 Å². The molecule has 0 radical (unpaired) electrons. The standard InChI is InChI=1S/C14H19NO4/c1-9-6-5-7-10(2)13(9)15-11(3)14(17)19-12(16)8-18-4/h5-7,11,15H,8H2,1-4H3/t11-/m0/s1. The van der Waals surface area contributed by atoms with E-state index >= 15 is 0 Å². The average Bonchev–Trinajstić information content (AvgIpc) is 2.34. The minimum atomic E-state index is -0.692. The molecular formula is C14H19NO4. The molecule has 19 heavy (non-hydrogen) atoms. The first-order valence-corrected chi connectivity index (χ1v) is 6.02. The second-order valence-corrected chi connectivity index (χ2v) is 4.36. The van der Waals surface area contributed by atoms with Crippen molar-refractivity contribution >= 4 is 17.6 Å². The van der Waals surface area contributed by atoms with E-state index in [1.807, 2.05) is 32.0 Å². The van der Waals surface area contributed by atoms with Crippen molar-refractivity contribution in [3.63, 3.8) is 0 Å². The molecule has 104 valence electrons. The molecule has 0 amide bonds. The number of methoxy groups -OCH3 is 1. The number of ether oxygens (including phenoxy) is 2. The van der Waals surface area contributed by atoms with Gasteiger partial charge in [0.25, 0.3) is 0 Å². The third kappa shape index (κ3) is 4.37. The Balaban J connectivity index is 2.66. The second-order valence-electron chi connectivity index (χ2n) is 4.36. The highest BCUT2D eigenvalue weighted by molar-refractivity contribution is 5.90. The summed E-state index contributed by atoms with van der Waals surface area (Å²) in [7, 11) is 1.37. The number of carbonyl (C=O) groups excluding carboxylic acids is 2. The quantitative estimate of drug-likeness (QED) is 0.650. The zero-order valence-electron chi connectivity index (χ0n) is 11.6. The fourth-order valence-electron chi connectivity index (χ4n) is 1.67. The predicted octanol–water partition coefficient (Wildman–Crippen LogP) is 1.82. The molecule has 5 heteroatoms. The van der Waals surface area contributed by atoms with Crippen LogP contribution in [-0.2, 0) is 19.1 Å². The molecule has 0 aliphatic carbocycles. The van der Waals surface area contributed by atoms with Gasteiger partial charge in [-0.15, -0.1) is 0 Å². The first-order chi connectivity index (χ1) is 8.95. The maximum Gasteiger partial charge on any atom is 0.339 e. The number of hydrogen-bond acceptors (Lipinski definition) is 5. The van der Waals surface area contributed by atoms with Crippen LogP contribution in [0.1, 0.15) is 18.1 Å². The molecular weight excluding hydrogens is 246 g/mol. The van der Waals surface area contributed by atoms with Crippen LogP contribution < -0.4 is 5.32 Å². The average molecular weight is 265 g/mol. The number of esters is 2. The van der Waals surface area contributed by atoms with E-state index in [9.17, 15) is 9.59 Å². The van der Waals surface area contributed by atoms with Crippen molar-refractivity contribution in [2.75, 3.05) is 19.0 Å². The van der Waals surface area contributed by atoms with Gasteiger partial charge in [0.2, 0.25) is 0 Å². The minimum absolute atomic E-state index is 0.234. The van der Waals surface area contributed by atoms with Crippen LogP contribution in [0.5, 0.6) is 0 Å². The molecule has 1 atom stereocenters. The molecule has 0 heterocycles. The Labute approximate surface area is 112 Å². The lowest BCUT2D eigenvalue weighted by Gasteiger charge is -2.17. The molecule has 0 aliphatic heterocycles. The molecule has 0 fully saturated rings. The Bertz CT molecular complexity index is 450. The molecule has 0 spiro atoms. The Kier molecular flexibility index (Phi) is 5.51. The Morgan fingerprint density at radius 1 is 1.26 bits per heavy atom. The Hall–Kier alpha value is -1.88. The lowest BCUT2D eigenvalue weighted by Crippen LogP contribution is -2.31. The van der Waals surface area contributed by atoms with Gasteiger partial charge in [-0.1, -0.05) is 18.2 Å².